The lowest BCUT2D eigenvalue weighted by atomic mass is 10.2. The molecule has 0 saturated heterocycles. The Balaban J connectivity index is 1.96. The Bertz CT molecular complexity index is 454. The van der Waals surface area contributed by atoms with Crippen molar-refractivity contribution < 1.29 is 0 Å². The molecule has 96 valence electrons. The molecule has 2 aromatic rings. The molecule has 0 spiro atoms. The van der Waals surface area contributed by atoms with Gasteiger partial charge in [-0.2, -0.15) is 16.9 Å². The number of rotatable bonds is 7. The number of nitrogens with zero attached hydrogens (tertiary/aromatic N) is 2. The third-order valence-corrected chi connectivity index (χ3v) is 3.44. The van der Waals surface area contributed by atoms with Crippen molar-refractivity contribution in [3.63, 3.8) is 0 Å². The molecule has 4 heteroatoms. The number of benzene rings is 1. The van der Waals surface area contributed by atoms with Crippen LogP contribution in [-0.2, 0) is 0 Å². The zero-order valence-electron chi connectivity index (χ0n) is 10.7. The zero-order chi connectivity index (χ0) is 12.6. The Kier molecular flexibility index (Phi) is 5.15. The fraction of sp³-hybridized carbons (Fsp3) is 0.357. The molecule has 0 bridgehead atoms. The Morgan fingerprint density at radius 1 is 1.22 bits per heavy atom. The largest absolute Gasteiger partial charge is 0.383 e. The first-order valence-corrected chi connectivity index (χ1v) is 7.63. The van der Waals surface area contributed by atoms with Gasteiger partial charge in [0.15, 0.2) is 0 Å². The summed E-state index contributed by atoms with van der Waals surface area (Å²) < 4.78 is 1.89. The second-order valence-electron chi connectivity index (χ2n) is 4.09. The molecule has 18 heavy (non-hydrogen) atoms. The molecule has 0 aliphatic carbocycles. The number of anilines is 1. The normalized spacial score (nSPS) is 10.5. The van der Waals surface area contributed by atoms with Crippen molar-refractivity contribution in [3.05, 3.63) is 42.7 Å². The van der Waals surface area contributed by atoms with Gasteiger partial charge < -0.3 is 5.32 Å². The van der Waals surface area contributed by atoms with Gasteiger partial charge in [-0.3, -0.25) is 0 Å². The molecular weight excluding hydrogens is 242 g/mol. The van der Waals surface area contributed by atoms with Crippen molar-refractivity contribution in [3.8, 4) is 5.69 Å². The van der Waals surface area contributed by atoms with E-state index in [1.54, 1.807) is 6.20 Å². The van der Waals surface area contributed by atoms with Gasteiger partial charge in [0, 0.05) is 18.9 Å². The fourth-order valence-electron chi connectivity index (χ4n) is 1.83. The van der Waals surface area contributed by atoms with Gasteiger partial charge in [-0.25, -0.2) is 4.68 Å². The summed E-state index contributed by atoms with van der Waals surface area (Å²) in [7, 11) is 0. The number of hydrogen-bond acceptors (Lipinski definition) is 3. The average molecular weight is 261 g/mol. The molecule has 0 aliphatic rings. The van der Waals surface area contributed by atoms with E-state index in [9.17, 15) is 0 Å². The van der Waals surface area contributed by atoms with E-state index in [-0.39, 0.29) is 0 Å². The maximum absolute atomic E-state index is 4.28. The van der Waals surface area contributed by atoms with Gasteiger partial charge in [-0.05, 0) is 43.0 Å². The maximum atomic E-state index is 4.28. The molecule has 1 aromatic heterocycles. The van der Waals surface area contributed by atoms with Crippen LogP contribution in [0, 0.1) is 0 Å². The van der Waals surface area contributed by atoms with Gasteiger partial charge in [-0.15, -0.1) is 0 Å². The van der Waals surface area contributed by atoms with Crippen molar-refractivity contribution >= 4 is 17.4 Å². The van der Waals surface area contributed by atoms with Crippen LogP contribution >= 0.6 is 11.8 Å². The van der Waals surface area contributed by atoms with Crippen molar-refractivity contribution in [1.82, 2.24) is 9.78 Å². The van der Waals surface area contributed by atoms with E-state index in [0.29, 0.717) is 0 Å². The highest BCUT2D eigenvalue weighted by Crippen LogP contribution is 2.18. The van der Waals surface area contributed by atoms with Crippen LogP contribution in [0.5, 0.6) is 0 Å². The standard InChI is InChI=1S/C14H19N3S/c1-18-12-5-4-9-15-13-7-2-3-8-14(13)17-11-6-10-16-17/h2-3,6-8,10-11,15H,4-5,9,12H2,1H3. The Morgan fingerprint density at radius 2 is 2.11 bits per heavy atom. The first-order valence-electron chi connectivity index (χ1n) is 6.23. The molecule has 1 aromatic carbocycles. The number of para-hydroxylation sites is 2. The number of thioether (sulfide) groups is 1. The first-order chi connectivity index (χ1) is 8.92. The van der Waals surface area contributed by atoms with Crippen LogP contribution in [0.3, 0.4) is 0 Å². The van der Waals surface area contributed by atoms with Crippen molar-refractivity contribution in [1.29, 1.82) is 0 Å². The zero-order valence-corrected chi connectivity index (χ0v) is 11.5. The number of aromatic nitrogens is 2. The van der Waals surface area contributed by atoms with Gasteiger partial charge >= 0.3 is 0 Å². The van der Waals surface area contributed by atoms with E-state index in [1.807, 2.05) is 34.8 Å². The lowest BCUT2D eigenvalue weighted by Gasteiger charge is -2.11. The highest BCUT2D eigenvalue weighted by molar-refractivity contribution is 7.98. The van der Waals surface area contributed by atoms with E-state index < -0.39 is 0 Å². The molecule has 1 N–H and O–H groups in total. The smallest absolute Gasteiger partial charge is 0.0876 e. The van der Waals surface area contributed by atoms with Gasteiger partial charge in [0.05, 0.1) is 11.4 Å². The Labute approximate surface area is 113 Å². The maximum Gasteiger partial charge on any atom is 0.0876 e. The van der Waals surface area contributed by atoms with E-state index in [2.05, 4.69) is 34.9 Å². The topological polar surface area (TPSA) is 29.9 Å². The van der Waals surface area contributed by atoms with E-state index >= 15 is 0 Å². The summed E-state index contributed by atoms with van der Waals surface area (Å²) in [5, 5.41) is 7.77. The van der Waals surface area contributed by atoms with Crippen LogP contribution in [0.2, 0.25) is 0 Å². The molecule has 3 nitrogen and oxygen atoms in total. The Morgan fingerprint density at radius 3 is 2.89 bits per heavy atom. The Hall–Kier alpha value is -1.42. The highest BCUT2D eigenvalue weighted by Gasteiger charge is 2.02. The third kappa shape index (κ3) is 3.53. The minimum atomic E-state index is 1.01. The quantitative estimate of drug-likeness (QED) is 0.774. The van der Waals surface area contributed by atoms with Gasteiger partial charge in [0.1, 0.15) is 0 Å². The molecule has 0 aliphatic heterocycles. The monoisotopic (exact) mass is 261 g/mol. The van der Waals surface area contributed by atoms with Crippen LogP contribution in [0.4, 0.5) is 5.69 Å². The van der Waals surface area contributed by atoms with E-state index in [1.165, 1.54) is 18.6 Å². The molecule has 2 rings (SSSR count). The van der Waals surface area contributed by atoms with E-state index in [0.717, 1.165) is 17.9 Å². The molecule has 0 radical (unpaired) electrons. The second kappa shape index (κ2) is 7.11. The van der Waals surface area contributed by atoms with Crippen LogP contribution in [0.15, 0.2) is 42.7 Å². The second-order valence-corrected chi connectivity index (χ2v) is 5.08. The number of unbranched alkanes of at least 4 members (excludes halogenated alkanes) is 1. The summed E-state index contributed by atoms with van der Waals surface area (Å²) in [6, 6.07) is 10.2. The minimum Gasteiger partial charge on any atom is -0.383 e. The lowest BCUT2D eigenvalue weighted by Crippen LogP contribution is -2.06. The minimum absolute atomic E-state index is 1.01. The summed E-state index contributed by atoms with van der Waals surface area (Å²) in [5.74, 6) is 1.24. The molecule has 0 amide bonds. The fourth-order valence-corrected chi connectivity index (χ4v) is 2.32. The van der Waals surface area contributed by atoms with E-state index in [4.69, 9.17) is 0 Å². The number of nitrogens with one attached hydrogen (secondary N) is 1. The van der Waals surface area contributed by atoms with Crippen LogP contribution in [-0.4, -0.2) is 28.3 Å². The van der Waals surface area contributed by atoms with Crippen molar-refractivity contribution in [2.45, 2.75) is 12.8 Å². The van der Waals surface area contributed by atoms with Crippen molar-refractivity contribution in [2.24, 2.45) is 0 Å². The highest BCUT2D eigenvalue weighted by atomic mass is 32.2. The SMILES string of the molecule is CSCCCCNc1ccccc1-n1cccn1. The van der Waals surface area contributed by atoms with Gasteiger partial charge in [0.25, 0.3) is 0 Å². The molecular formula is C14H19N3S. The molecule has 0 saturated carbocycles. The molecule has 0 fully saturated rings. The van der Waals surface area contributed by atoms with Gasteiger partial charge in [0.2, 0.25) is 0 Å². The molecule has 0 atom stereocenters. The summed E-state index contributed by atoms with van der Waals surface area (Å²) in [6.07, 6.45) is 8.39. The molecule has 0 unspecified atom stereocenters. The lowest BCUT2D eigenvalue weighted by molar-refractivity contribution is 0.836. The summed E-state index contributed by atoms with van der Waals surface area (Å²) in [5.41, 5.74) is 2.25. The predicted octanol–water partition coefficient (Wildman–Crippen LogP) is 3.43. The van der Waals surface area contributed by atoms with Crippen LogP contribution in [0.1, 0.15) is 12.8 Å². The van der Waals surface area contributed by atoms with Crippen molar-refractivity contribution in [2.75, 3.05) is 23.9 Å². The summed E-state index contributed by atoms with van der Waals surface area (Å²) >= 11 is 1.91. The summed E-state index contributed by atoms with van der Waals surface area (Å²) in [6.45, 7) is 1.01. The number of hydrogen-bond donors (Lipinski definition) is 1. The third-order valence-electron chi connectivity index (χ3n) is 2.75. The predicted molar refractivity (Wildman–Crippen MR) is 79.7 cm³/mol. The van der Waals surface area contributed by atoms with Crippen LogP contribution < -0.4 is 5.32 Å². The van der Waals surface area contributed by atoms with Gasteiger partial charge in [-0.1, -0.05) is 12.1 Å². The summed E-state index contributed by atoms with van der Waals surface area (Å²) in [4.78, 5) is 0. The van der Waals surface area contributed by atoms with Crippen LogP contribution in [0.25, 0.3) is 5.69 Å². The molecule has 1 heterocycles. The average Bonchev–Trinajstić information content (AvgIpc) is 2.93. The first kappa shape index (κ1) is 13.0.